The Kier molecular flexibility index (Phi) is 8.14. The number of rotatable bonds is 4. The molecule has 18 rings (SSSR count). The van der Waals surface area contributed by atoms with E-state index in [9.17, 15) is 0 Å². The Morgan fingerprint density at radius 3 is 0.870 bits per heavy atom. The number of hydrogen-bond acceptors (Lipinski definition) is 0. The zero-order valence-corrected chi connectivity index (χ0v) is 42.0. The van der Waals surface area contributed by atoms with Crippen molar-refractivity contribution in [2.75, 3.05) is 0 Å². The van der Waals surface area contributed by atoms with Crippen LogP contribution in [0.25, 0.3) is 127 Å². The second-order valence-corrected chi connectivity index (χ2v) is 21.4. The summed E-state index contributed by atoms with van der Waals surface area (Å²) >= 11 is 0. The van der Waals surface area contributed by atoms with Crippen molar-refractivity contribution in [2.45, 2.75) is 18.3 Å². The Bertz CT molecular complexity index is 4620. The third kappa shape index (κ3) is 5.31. The van der Waals surface area contributed by atoms with Gasteiger partial charge in [-0.25, -0.2) is 0 Å². The Morgan fingerprint density at radius 2 is 0.545 bits per heavy atom. The third-order valence-corrected chi connectivity index (χ3v) is 17.8. The molecule has 0 fully saturated rings. The van der Waals surface area contributed by atoms with Crippen LogP contribution in [-0.4, -0.2) is 18.3 Å². The molecule has 0 atom stereocenters. The molecule has 0 N–H and O–H groups in total. The lowest BCUT2D eigenvalue weighted by Crippen LogP contribution is -2.27. The molecule has 3 aliphatic carbocycles. The minimum absolute atomic E-state index is 0.743. The minimum atomic E-state index is -0.743. The molecule has 0 saturated carbocycles. The fourth-order valence-electron chi connectivity index (χ4n) is 14.8. The molecule has 4 aromatic heterocycles. The van der Waals surface area contributed by atoms with Crippen LogP contribution >= 0.6 is 0 Å². The average molecular weight is 979 g/mol. The van der Waals surface area contributed by atoms with Gasteiger partial charge in [0.1, 0.15) is 0 Å². The van der Waals surface area contributed by atoms with E-state index in [0.29, 0.717) is 0 Å². The maximum atomic E-state index is 2.58. The van der Waals surface area contributed by atoms with Gasteiger partial charge in [-0.2, -0.15) is 0 Å². The molecule has 0 unspecified atom stereocenters. The lowest BCUT2D eigenvalue weighted by Gasteiger charge is -2.32. The normalized spacial score (nSPS) is 13.9. The van der Waals surface area contributed by atoms with Crippen molar-refractivity contribution in [1.29, 1.82) is 0 Å². The van der Waals surface area contributed by atoms with E-state index in [1.807, 2.05) is 0 Å². The summed E-state index contributed by atoms with van der Waals surface area (Å²) in [5, 5.41) is 8.84. The van der Waals surface area contributed by atoms with Crippen molar-refractivity contribution in [1.82, 2.24) is 18.3 Å². The second kappa shape index (κ2) is 15.1. The van der Waals surface area contributed by atoms with Gasteiger partial charge >= 0.3 is 0 Å². The monoisotopic (exact) mass is 978 g/mol. The average Bonchev–Trinajstić information content (AvgIpc) is 4.45. The number of benzene rings is 11. The van der Waals surface area contributed by atoms with Gasteiger partial charge in [0.2, 0.25) is 0 Å². The molecule has 358 valence electrons. The number of nitrogens with zero attached hydrogens (tertiary/aromatic N) is 4. The molecular weight excluding hydrogens is 933 g/mol. The standard InChI is InChI=1S/C73H46N4/c1-9-25-65-53(17-1)54-18-2-10-26-66(54)74(65)45-33-37-49-50-38-34-46(75-67-27-11-3-19-55(67)56-20-4-12-28-68(56)75)42-62(50)73(61(49)41-45)63-43-47(76-69-29-13-5-21-57(69)58-22-6-14-30-70(58)76)35-39-51(63)52-40-36-48(44-64(52)73)77-71-31-15-7-23-59(71)60-24-8-16-32-72(60)77/h1-15,17-31,33-44H,16,32H2. The first-order valence-electron chi connectivity index (χ1n) is 27.1. The predicted octanol–water partition coefficient (Wildman–Crippen LogP) is 18.2. The molecule has 0 amide bonds. The van der Waals surface area contributed by atoms with E-state index in [1.54, 1.807) is 0 Å². The van der Waals surface area contributed by atoms with E-state index in [-0.39, 0.29) is 0 Å². The summed E-state index contributed by atoms with van der Waals surface area (Å²) in [6, 6.07) is 92.0. The zero-order valence-electron chi connectivity index (χ0n) is 42.0. The summed E-state index contributed by atoms with van der Waals surface area (Å²) in [6.45, 7) is 0. The zero-order chi connectivity index (χ0) is 50.1. The van der Waals surface area contributed by atoms with Crippen LogP contribution in [0.3, 0.4) is 0 Å². The number of allylic oxidation sites excluding steroid dienone is 1. The molecule has 4 nitrogen and oxygen atoms in total. The largest absolute Gasteiger partial charge is 0.313 e. The number of fused-ring (bicyclic) bond motifs is 22. The summed E-state index contributed by atoms with van der Waals surface area (Å²) in [7, 11) is 0. The number of hydrogen-bond donors (Lipinski definition) is 0. The first kappa shape index (κ1) is 41.5. The smallest absolute Gasteiger partial charge is 0.0728 e. The molecule has 0 bridgehead atoms. The summed E-state index contributed by atoms with van der Waals surface area (Å²) < 4.78 is 10.1. The Labute approximate surface area is 443 Å². The highest BCUT2D eigenvalue weighted by atomic mass is 15.0. The van der Waals surface area contributed by atoms with Crippen molar-refractivity contribution >= 4 is 82.4 Å². The van der Waals surface area contributed by atoms with Gasteiger partial charge in [-0.3, -0.25) is 0 Å². The van der Waals surface area contributed by atoms with Gasteiger partial charge < -0.3 is 18.3 Å². The molecule has 0 radical (unpaired) electrons. The van der Waals surface area contributed by atoms with Crippen molar-refractivity contribution in [2.24, 2.45) is 0 Å². The summed E-state index contributed by atoms with van der Waals surface area (Å²) in [5.41, 5.74) is 25.3. The molecule has 1 spiro atoms. The Balaban J connectivity index is 0.994. The van der Waals surface area contributed by atoms with Crippen LogP contribution in [-0.2, 0) is 11.8 Å². The molecule has 0 saturated heterocycles. The van der Waals surface area contributed by atoms with Gasteiger partial charge in [-0.1, -0.05) is 164 Å². The molecule has 77 heavy (non-hydrogen) atoms. The highest BCUT2D eigenvalue weighted by Gasteiger charge is 2.53. The second-order valence-electron chi connectivity index (χ2n) is 21.4. The van der Waals surface area contributed by atoms with E-state index < -0.39 is 5.41 Å². The van der Waals surface area contributed by atoms with E-state index in [4.69, 9.17) is 0 Å². The molecule has 4 heteroatoms. The number of para-hydroxylation sites is 7. The number of aromatic nitrogens is 4. The Morgan fingerprint density at radius 1 is 0.273 bits per heavy atom. The Hall–Kier alpha value is -9.90. The summed E-state index contributed by atoms with van der Waals surface area (Å²) in [6.07, 6.45) is 6.71. The van der Waals surface area contributed by atoms with Gasteiger partial charge in [0.25, 0.3) is 0 Å². The maximum Gasteiger partial charge on any atom is 0.0728 e. The predicted molar refractivity (Wildman–Crippen MR) is 320 cm³/mol. The third-order valence-electron chi connectivity index (χ3n) is 17.8. The van der Waals surface area contributed by atoms with Crippen LogP contribution in [0.15, 0.2) is 249 Å². The van der Waals surface area contributed by atoms with Crippen molar-refractivity contribution in [3.63, 3.8) is 0 Å². The van der Waals surface area contributed by atoms with Crippen LogP contribution in [0, 0.1) is 0 Å². The van der Waals surface area contributed by atoms with Gasteiger partial charge in [0.05, 0.1) is 44.0 Å². The van der Waals surface area contributed by atoms with Crippen LogP contribution in [0.2, 0.25) is 0 Å². The fourth-order valence-corrected chi connectivity index (χ4v) is 14.8. The van der Waals surface area contributed by atoms with Crippen LogP contribution < -0.4 is 0 Å². The summed E-state index contributed by atoms with van der Waals surface area (Å²) in [5.74, 6) is 0. The maximum absolute atomic E-state index is 2.58. The first-order valence-corrected chi connectivity index (χ1v) is 27.1. The van der Waals surface area contributed by atoms with Crippen LogP contribution in [0.1, 0.15) is 39.9 Å². The lowest BCUT2D eigenvalue weighted by atomic mass is 9.70. The topological polar surface area (TPSA) is 19.7 Å². The quantitative estimate of drug-likeness (QED) is 0.167. The highest BCUT2D eigenvalue weighted by Crippen LogP contribution is 2.64. The van der Waals surface area contributed by atoms with E-state index in [0.717, 1.165) is 29.9 Å². The van der Waals surface area contributed by atoms with E-state index in [1.165, 1.54) is 138 Å². The molecule has 3 aliphatic rings. The van der Waals surface area contributed by atoms with Gasteiger partial charge in [-0.15, -0.1) is 0 Å². The van der Waals surface area contributed by atoms with Crippen molar-refractivity contribution in [3.05, 3.63) is 282 Å². The van der Waals surface area contributed by atoms with Crippen molar-refractivity contribution in [3.8, 4) is 45.0 Å². The summed E-state index contributed by atoms with van der Waals surface area (Å²) in [4.78, 5) is 0. The molecule has 4 heterocycles. The van der Waals surface area contributed by atoms with Crippen molar-refractivity contribution < 1.29 is 0 Å². The molecular formula is C73H46N4. The van der Waals surface area contributed by atoms with E-state index in [2.05, 4.69) is 273 Å². The van der Waals surface area contributed by atoms with Crippen LogP contribution in [0.4, 0.5) is 0 Å². The lowest BCUT2D eigenvalue weighted by molar-refractivity contribution is 0.787. The molecule has 0 aliphatic heterocycles. The van der Waals surface area contributed by atoms with Gasteiger partial charge in [-0.05, 0) is 148 Å². The van der Waals surface area contributed by atoms with Crippen LogP contribution in [0.5, 0.6) is 0 Å². The van der Waals surface area contributed by atoms with E-state index >= 15 is 0 Å². The fraction of sp³-hybridized carbons (Fsp3) is 0.0411. The molecule has 11 aromatic carbocycles. The SMILES string of the molecule is C1=Cc2c(n(-c3ccc4c(c3)C3(c5cc(-n6c7ccccc7c7ccccc76)ccc5-4)c4cc(-n5c6ccccc6c6ccccc65)ccc4-c4ccc(-n5c6ccccc6c6ccccc65)cc43)c3ccccc23)CC1. The first-order chi connectivity index (χ1) is 38.2. The minimum Gasteiger partial charge on any atom is -0.313 e. The highest BCUT2D eigenvalue weighted by molar-refractivity contribution is 6.12. The van der Waals surface area contributed by atoms with Gasteiger partial charge in [0, 0.05) is 71.7 Å². The molecule has 15 aromatic rings. The van der Waals surface area contributed by atoms with Gasteiger partial charge in [0.15, 0.2) is 0 Å².